The Hall–Kier alpha value is -4.78. The van der Waals surface area contributed by atoms with Crippen LogP contribution in [0, 0.1) is 6.92 Å². The highest BCUT2D eigenvalue weighted by Gasteiger charge is 2.21. The summed E-state index contributed by atoms with van der Waals surface area (Å²) in [6.07, 6.45) is 1.57. The van der Waals surface area contributed by atoms with Gasteiger partial charge in [0, 0.05) is 5.56 Å². The Morgan fingerprint density at radius 1 is 0.800 bits per heavy atom. The predicted molar refractivity (Wildman–Crippen MR) is 137 cm³/mol. The van der Waals surface area contributed by atoms with Gasteiger partial charge >= 0.3 is 0 Å². The van der Waals surface area contributed by atoms with Crippen LogP contribution >= 0.6 is 0 Å². The Morgan fingerprint density at radius 3 is 2.23 bits per heavy atom. The summed E-state index contributed by atoms with van der Waals surface area (Å²) in [6.45, 7) is 1.86. The maximum atomic E-state index is 13.9. The summed E-state index contributed by atoms with van der Waals surface area (Å²) in [6, 6.07) is 25.5. The first-order valence-corrected chi connectivity index (χ1v) is 11.2. The molecule has 35 heavy (non-hydrogen) atoms. The van der Waals surface area contributed by atoms with Crippen LogP contribution in [0.4, 0.5) is 0 Å². The number of hydrogen-bond acceptors (Lipinski definition) is 5. The summed E-state index contributed by atoms with van der Waals surface area (Å²) in [4.78, 5) is 27.6. The van der Waals surface area contributed by atoms with Crippen molar-refractivity contribution in [1.82, 2.24) is 24.6 Å². The highest BCUT2D eigenvalue weighted by atomic mass is 16.5. The summed E-state index contributed by atoms with van der Waals surface area (Å²) < 4.78 is 6.75. The van der Waals surface area contributed by atoms with E-state index in [-0.39, 0.29) is 5.56 Å². The van der Waals surface area contributed by atoms with Crippen molar-refractivity contribution in [2.75, 3.05) is 7.11 Å². The lowest BCUT2D eigenvalue weighted by molar-refractivity contribution is 0.397. The van der Waals surface area contributed by atoms with Gasteiger partial charge in [-0.05, 0) is 30.2 Å². The Morgan fingerprint density at radius 2 is 1.51 bits per heavy atom. The molecule has 0 aliphatic carbocycles. The summed E-state index contributed by atoms with van der Waals surface area (Å²) in [5.41, 5.74) is 7.33. The van der Waals surface area contributed by atoms with Crippen LogP contribution in [-0.4, -0.2) is 31.7 Å². The van der Waals surface area contributed by atoms with Crippen molar-refractivity contribution in [2.45, 2.75) is 6.92 Å². The van der Waals surface area contributed by atoms with Crippen molar-refractivity contribution in [3.8, 4) is 39.4 Å². The number of methoxy groups -OCH3 is 1. The minimum atomic E-state index is -0.179. The number of benzene rings is 3. The van der Waals surface area contributed by atoms with Gasteiger partial charge in [-0.1, -0.05) is 66.7 Å². The molecular weight excluding hydrogens is 438 g/mol. The lowest BCUT2D eigenvalue weighted by atomic mass is 10.0. The molecule has 0 saturated heterocycles. The van der Waals surface area contributed by atoms with E-state index in [0.29, 0.717) is 28.3 Å². The lowest BCUT2D eigenvalue weighted by Gasteiger charge is -2.08. The first-order valence-electron chi connectivity index (χ1n) is 11.2. The molecule has 3 aromatic carbocycles. The monoisotopic (exact) mass is 459 g/mol. The van der Waals surface area contributed by atoms with Crippen molar-refractivity contribution in [3.05, 3.63) is 101 Å². The van der Waals surface area contributed by atoms with Crippen LogP contribution in [0.15, 0.2) is 89.9 Å². The van der Waals surface area contributed by atoms with Crippen molar-refractivity contribution in [2.24, 2.45) is 0 Å². The number of H-pyrrole nitrogens is 1. The van der Waals surface area contributed by atoms with E-state index in [0.717, 1.165) is 33.5 Å². The zero-order chi connectivity index (χ0) is 23.9. The maximum absolute atomic E-state index is 13.9. The van der Waals surface area contributed by atoms with E-state index in [2.05, 4.69) is 15.1 Å². The Labute approximate surface area is 200 Å². The van der Waals surface area contributed by atoms with Crippen LogP contribution in [0.2, 0.25) is 0 Å². The summed E-state index contributed by atoms with van der Waals surface area (Å²) in [7, 11) is 1.55. The average molecular weight is 460 g/mol. The van der Waals surface area contributed by atoms with E-state index in [4.69, 9.17) is 9.72 Å². The van der Waals surface area contributed by atoms with Crippen molar-refractivity contribution < 1.29 is 4.74 Å². The van der Waals surface area contributed by atoms with E-state index >= 15 is 0 Å². The fourth-order valence-electron chi connectivity index (χ4n) is 4.45. The van der Waals surface area contributed by atoms with Crippen LogP contribution in [0.5, 0.6) is 5.88 Å². The molecule has 0 fully saturated rings. The van der Waals surface area contributed by atoms with Crippen LogP contribution < -0.4 is 10.3 Å². The SMILES string of the molecule is COc1cnc2ccc(-c3c(C)nc4c(-c5ccccc5)c(-c5ccccc5)[nH]n4c3=O)cc2n1. The van der Waals surface area contributed by atoms with E-state index in [1.54, 1.807) is 13.3 Å². The molecule has 3 heterocycles. The highest BCUT2D eigenvalue weighted by Crippen LogP contribution is 2.34. The average Bonchev–Trinajstić information content (AvgIpc) is 3.29. The molecule has 1 N–H and O–H groups in total. The van der Waals surface area contributed by atoms with Gasteiger partial charge in [0.25, 0.3) is 5.56 Å². The Bertz CT molecular complexity index is 1760. The third-order valence-electron chi connectivity index (χ3n) is 6.10. The molecule has 170 valence electrons. The number of nitrogens with zero attached hydrogens (tertiary/aromatic N) is 4. The van der Waals surface area contributed by atoms with Crippen molar-refractivity contribution in [3.63, 3.8) is 0 Å². The third kappa shape index (κ3) is 3.45. The van der Waals surface area contributed by atoms with Gasteiger partial charge in [0.1, 0.15) is 0 Å². The second-order valence-corrected chi connectivity index (χ2v) is 8.25. The van der Waals surface area contributed by atoms with Gasteiger partial charge in [-0.2, -0.15) is 4.52 Å². The van der Waals surface area contributed by atoms with Gasteiger partial charge in [-0.3, -0.25) is 9.89 Å². The van der Waals surface area contributed by atoms with Gasteiger partial charge in [-0.15, -0.1) is 0 Å². The summed E-state index contributed by atoms with van der Waals surface area (Å²) in [5, 5.41) is 3.33. The van der Waals surface area contributed by atoms with E-state index in [1.807, 2.05) is 85.8 Å². The molecular formula is C28H21N5O2. The lowest BCUT2D eigenvalue weighted by Crippen LogP contribution is -2.19. The van der Waals surface area contributed by atoms with Gasteiger partial charge in [0.2, 0.25) is 5.88 Å². The fraction of sp³-hybridized carbons (Fsp3) is 0.0714. The molecule has 0 spiro atoms. The van der Waals surface area contributed by atoms with Gasteiger partial charge in [0.15, 0.2) is 5.65 Å². The Kier molecular flexibility index (Phi) is 4.88. The van der Waals surface area contributed by atoms with E-state index < -0.39 is 0 Å². The smallest absolute Gasteiger partial charge is 0.280 e. The number of aromatic amines is 1. The topological polar surface area (TPSA) is 85.2 Å². The first kappa shape index (κ1) is 20.8. The molecule has 0 aliphatic heterocycles. The number of aromatic nitrogens is 5. The Balaban J connectivity index is 1.63. The zero-order valence-corrected chi connectivity index (χ0v) is 19.2. The highest BCUT2D eigenvalue weighted by molar-refractivity contribution is 5.91. The van der Waals surface area contributed by atoms with Crippen LogP contribution in [0.3, 0.4) is 0 Å². The third-order valence-corrected chi connectivity index (χ3v) is 6.10. The molecule has 6 aromatic rings. The van der Waals surface area contributed by atoms with Crippen LogP contribution in [0.25, 0.3) is 50.2 Å². The molecule has 0 bridgehead atoms. The minimum Gasteiger partial charge on any atom is -0.480 e. The number of aryl methyl sites for hydroxylation is 1. The molecule has 6 rings (SSSR count). The molecule has 0 unspecified atom stereocenters. The largest absolute Gasteiger partial charge is 0.480 e. The number of nitrogens with one attached hydrogen (secondary N) is 1. The van der Waals surface area contributed by atoms with Crippen molar-refractivity contribution >= 4 is 16.7 Å². The molecule has 7 nitrogen and oxygen atoms in total. The number of rotatable bonds is 4. The van der Waals surface area contributed by atoms with Gasteiger partial charge < -0.3 is 4.74 Å². The normalized spacial score (nSPS) is 11.3. The predicted octanol–water partition coefficient (Wildman–Crippen LogP) is 5.28. The van der Waals surface area contributed by atoms with Gasteiger partial charge in [-0.25, -0.2) is 15.0 Å². The quantitative estimate of drug-likeness (QED) is 0.387. The zero-order valence-electron chi connectivity index (χ0n) is 19.2. The maximum Gasteiger partial charge on any atom is 0.280 e. The van der Waals surface area contributed by atoms with E-state index in [9.17, 15) is 4.79 Å². The minimum absolute atomic E-state index is 0.179. The summed E-state index contributed by atoms with van der Waals surface area (Å²) in [5.74, 6) is 0.418. The summed E-state index contributed by atoms with van der Waals surface area (Å²) >= 11 is 0. The molecule has 0 amide bonds. The molecule has 0 saturated carbocycles. The van der Waals surface area contributed by atoms with Gasteiger partial charge in [0.05, 0.1) is 46.9 Å². The standard InChI is InChI=1S/C28H21N5O2/c1-17-24(20-13-14-21-22(15-20)31-23(35-2)16-29-21)28(34)33-27(30-17)25(18-9-5-3-6-10-18)26(32-33)19-11-7-4-8-12-19/h3-16,32H,1-2H3. The second-order valence-electron chi connectivity index (χ2n) is 8.25. The molecule has 0 radical (unpaired) electrons. The van der Waals surface area contributed by atoms with Crippen LogP contribution in [-0.2, 0) is 0 Å². The number of hydrogen-bond donors (Lipinski definition) is 1. The molecule has 0 atom stereocenters. The second kappa shape index (κ2) is 8.22. The fourth-order valence-corrected chi connectivity index (χ4v) is 4.45. The van der Waals surface area contributed by atoms with E-state index in [1.165, 1.54) is 4.52 Å². The molecule has 3 aromatic heterocycles. The number of fused-ring (bicyclic) bond motifs is 2. The molecule has 0 aliphatic rings. The van der Waals surface area contributed by atoms with Crippen molar-refractivity contribution in [1.29, 1.82) is 0 Å². The molecule has 7 heteroatoms. The number of ether oxygens (including phenoxy) is 1. The van der Waals surface area contributed by atoms with Crippen LogP contribution in [0.1, 0.15) is 5.69 Å². The first-order chi connectivity index (χ1) is 17.1.